The van der Waals surface area contributed by atoms with Crippen LogP contribution in [0.25, 0.3) is 10.6 Å². The molecule has 4 heteroatoms. The summed E-state index contributed by atoms with van der Waals surface area (Å²) in [5.41, 5.74) is 1.59. The van der Waals surface area contributed by atoms with Crippen LogP contribution in [-0.4, -0.2) is 10.7 Å². The van der Waals surface area contributed by atoms with Gasteiger partial charge in [0, 0.05) is 16.0 Å². The van der Waals surface area contributed by atoms with Gasteiger partial charge in [-0.1, -0.05) is 13.0 Å². The lowest BCUT2D eigenvalue weighted by molar-refractivity contribution is 0.628. The average molecular weight is 253 g/mol. The van der Waals surface area contributed by atoms with Crippen LogP contribution in [0, 0.1) is 12.7 Å². The normalized spacial score (nSPS) is 10.7. The molecule has 0 saturated carbocycles. The lowest BCUT2D eigenvalue weighted by Crippen LogP contribution is -1.88. The number of nitrogens with zero attached hydrogens (tertiary/aromatic N) is 1. The van der Waals surface area contributed by atoms with Gasteiger partial charge >= 0.3 is 0 Å². The second-order valence-electron chi connectivity index (χ2n) is 3.34. The van der Waals surface area contributed by atoms with E-state index in [1.807, 2.05) is 18.4 Å². The Labute approximate surface area is 103 Å². The highest BCUT2D eigenvalue weighted by molar-refractivity contribution is 7.99. The Kier molecular flexibility index (Phi) is 3.61. The molecule has 0 atom stereocenters. The third kappa shape index (κ3) is 2.28. The first-order chi connectivity index (χ1) is 7.72. The van der Waals surface area contributed by atoms with Gasteiger partial charge < -0.3 is 0 Å². The van der Waals surface area contributed by atoms with E-state index in [2.05, 4.69) is 11.9 Å². The van der Waals surface area contributed by atoms with Gasteiger partial charge in [0.05, 0.1) is 5.56 Å². The highest BCUT2D eigenvalue weighted by Gasteiger charge is 2.13. The summed E-state index contributed by atoms with van der Waals surface area (Å²) in [4.78, 5) is 5.32. The lowest BCUT2D eigenvalue weighted by atomic mass is 10.2. The molecule has 1 aromatic heterocycles. The second-order valence-corrected chi connectivity index (χ2v) is 5.50. The maximum atomic E-state index is 13.8. The number of thiazole rings is 1. The van der Waals surface area contributed by atoms with Crippen LogP contribution in [-0.2, 0) is 0 Å². The maximum Gasteiger partial charge on any atom is 0.134 e. The fraction of sp³-hybridized carbons (Fsp3) is 0.250. The van der Waals surface area contributed by atoms with Crippen LogP contribution in [0.1, 0.15) is 12.6 Å². The van der Waals surface area contributed by atoms with Crippen LogP contribution in [0.5, 0.6) is 0 Å². The maximum absolute atomic E-state index is 13.8. The van der Waals surface area contributed by atoms with Gasteiger partial charge in [0.25, 0.3) is 0 Å². The molecule has 0 aliphatic carbocycles. The Bertz CT molecular complexity index is 494. The summed E-state index contributed by atoms with van der Waals surface area (Å²) in [6.45, 7) is 3.99. The zero-order chi connectivity index (χ0) is 11.5. The van der Waals surface area contributed by atoms with Crippen LogP contribution < -0.4 is 0 Å². The Hall–Kier alpha value is -0.870. The summed E-state index contributed by atoms with van der Waals surface area (Å²) in [5.74, 6) is 0.744. The van der Waals surface area contributed by atoms with E-state index in [9.17, 15) is 4.39 Å². The number of thioether (sulfide) groups is 1. The standard InChI is InChI=1S/C12H12FNS2/c1-3-15-10-6-4-5-9(13)11(10)12-14-8(2)7-16-12/h4-7H,3H2,1-2H3. The predicted octanol–water partition coefficient (Wildman–Crippen LogP) is 4.37. The monoisotopic (exact) mass is 253 g/mol. The van der Waals surface area contributed by atoms with Gasteiger partial charge in [0.1, 0.15) is 10.8 Å². The molecule has 0 amide bonds. The smallest absolute Gasteiger partial charge is 0.134 e. The summed E-state index contributed by atoms with van der Waals surface area (Å²) >= 11 is 3.14. The van der Waals surface area contributed by atoms with Gasteiger partial charge in [-0.2, -0.15) is 0 Å². The molecule has 2 rings (SSSR count). The number of hydrogen-bond acceptors (Lipinski definition) is 3. The number of hydrogen-bond donors (Lipinski definition) is 0. The predicted molar refractivity (Wildman–Crippen MR) is 68.6 cm³/mol. The van der Waals surface area contributed by atoms with Crippen molar-refractivity contribution in [3.63, 3.8) is 0 Å². The van der Waals surface area contributed by atoms with E-state index in [1.54, 1.807) is 17.8 Å². The van der Waals surface area contributed by atoms with Crippen molar-refractivity contribution >= 4 is 23.1 Å². The molecular formula is C12H12FNS2. The summed E-state index contributed by atoms with van der Waals surface area (Å²) in [7, 11) is 0. The summed E-state index contributed by atoms with van der Waals surface area (Å²) < 4.78 is 13.8. The lowest BCUT2D eigenvalue weighted by Gasteiger charge is -2.06. The van der Waals surface area contributed by atoms with Crippen molar-refractivity contribution in [3.8, 4) is 10.6 Å². The Morgan fingerprint density at radius 3 is 2.88 bits per heavy atom. The molecule has 0 saturated heterocycles. The Balaban J connectivity index is 2.53. The topological polar surface area (TPSA) is 12.9 Å². The first kappa shape index (κ1) is 11.6. The molecule has 0 bridgehead atoms. The molecule has 0 aliphatic rings. The second kappa shape index (κ2) is 4.97. The van der Waals surface area contributed by atoms with Crippen molar-refractivity contribution in [1.82, 2.24) is 4.98 Å². The number of halogens is 1. The third-order valence-electron chi connectivity index (χ3n) is 2.11. The molecule has 2 aromatic rings. The first-order valence-corrected chi connectivity index (χ1v) is 6.92. The van der Waals surface area contributed by atoms with E-state index in [1.165, 1.54) is 17.4 Å². The summed E-state index contributed by atoms with van der Waals surface area (Å²) in [6.07, 6.45) is 0. The molecule has 16 heavy (non-hydrogen) atoms. The molecular weight excluding hydrogens is 241 g/mol. The fourth-order valence-electron chi connectivity index (χ4n) is 1.46. The highest BCUT2D eigenvalue weighted by atomic mass is 32.2. The molecule has 0 spiro atoms. The zero-order valence-electron chi connectivity index (χ0n) is 9.16. The summed E-state index contributed by atoms with van der Waals surface area (Å²) in [6, 6.07) is 5.19. The molecule has 1 aromatic carbocycles. The zero-order valence-corrected chi connectivity index (χ0v) is 10.8. The van der Waals surface area contributed by atoms with Crippen LogP contribution in [0.4, 0.5) is 4.39 Å². The molecule has 1 nitrogen and oxygen atoms in total. The number of rotatable bonds is 3. The Morgan fingerprint density at radius 1 is 1.44 bits per heavy atom. The van der Waals surface area contributed by atoms with Crippen molar-refractivity contribution in [1.29, 1.82) is 0 Å². The molecule has 0 unspecified atom stereocenters. The number of aryl methyl sites for hydroxylation is 1. The minimum absolute atomic E-state index is 0.187. The van der Waals surface area contributed by atoms with Crippen LogP contribution in [0.3, 0.4) is 0 Å². The molecule has 0 radical (unpaired) electrons. The fourth-order valence-corrected chi connectivity index (χ4v) is 3.20. The van der Waals surface area contributed by atoms with Crippen LogP contribution >= 0.6 is 23.1 Å². The SMILES string of the molecule is CCSc1cccc(F)c1-c1nc(C)cs1. The molecule has 0 fully saturated rings. The Morgan fingerprint density at radius 2 is 2.25 bits per heavy atom. The van der Waals surface area contributed by atoms with Gasteiger partial charge in [-0.15, -0.1) is 23.1 Å². The largest absolute Gasteiger partial charge is 0.241 e. The van der Waals surface area contributed by atoms with Gasteiger partial charge in [-0.05, 0) is 24.8 Å². The van der Waals surface area contributed by atoms with Crippen LogP contribution in [0.15, 0.2) is 28.5 Å². The quantitative estimate of drug-likeness (QED) is 0.753. The van der Waals surface area contributed by atoms with Crippen molar-refractivity contribution in [3.05, 3.63) is 35.1 Å². The number of aromatic nitrogens is 1. The minimum atomic E-state index is -0.187. The molecule has 84 valence electrons. The van der Waals surface area contributed by atoms with Gasteiger partial charge in [-0.25, -0.2) is 9.37 Å². The van der Waals surface area contributed by atoms with Crippen molar-refractivity contribution in [2.24, 2.45) is 0 Å². The molecule has 1 heterocycles. The van der Waals surface area contributed by atoms with Crippen LogP contribution in [0.2, 0.25) is 0 Å². The van der Waals surface area contributed by atoms with Gasteiger partial charge in [0.2, 0.25) is 0 Å². The molecule has 0 aliphatic heterocycles. The van der Waals surface area contributed by atoms with E-state index in [-0.39, 0.29) is 5.82 Å². The molecule has 0 N–H and O–H groups in total. The van der Waals surface area contributed by atoms with Gasteiger partial charge in [0.15, 0.2) is 0 Å². The van der Waals surface area contributed by atoms with Crippen molar-refractivity contribution in [2.45, 2.75) is 18.7 Å². The van der Waals surface area contributed by atoms with E-state index in [4.69, 9.17) is 0 Å². The minimum Gasteiger partial charge on any atom is -0.241 e. The number of benzene rings is 1. The van der Waals surface area contributed by atoms with E-state index >= 15 is 0 Å². The third-order valence-corrected chi connectivity index (χ3v) is 4.03. The van der Waals surface area contributed by atoms with Crippen molar-refractivity contribution in [2.75, 3.05) is 5.75 Å². The highest BCUT2D eigenvalue weighted by Crippen LogP contribution is 2.35. The van der Waals surface area contributed by atoms with E-state index in [0.29, 0.717) is 5.56 Å². The van der Waals surface area contributed by atoms with E-state index < -0.39 is 0 Å². The van der Waals surface area contributed by atoms with Gasteiger partial charge in [-0.3, -0.25) is 0 Å². The average Bonchev–Trinajstić information content (AvgIpc) is 2.65. The first-order valence-electron chi connectivity index (χ1n) is 5.06. The summed E-state index contributed by atoms with van der Waals surface area (Å²) in [5, 5.41) is 2.72. The van der Waals surface area contributed by atoms with Crippen molar-refractivity contribution < 1.29 is 4.39 Å². The van der Waals surface area contributed by atoms with E-state index in [0.717, 1.165) is 21.3 Å².